The second kappa shape index (κ2) is 6.28. The number of thiocarbonyl (C=S) groups is 1. The van der Waals surface area contributed by atoms with Crippen LogP contribution < -0.4 is 5.73 Å². The summed E-state index contributed by atoms with van der Waals surface area (Å²) in [5.41, 5.74) is 6.47. The van der Waals surface area contributed by atoms with Crippen molar-refractivity contribution >= 4 is 23.1 Å². The third-order valence-electron chi connectivity index (χ3n) is 3.78. The molecule has 6 heteroatoms. The molecule has 1 saturated carbocycles. The van der Waals surface area contributed by atoms with Crippen LogP contribution in [0.4, 0.5) is 0 Å². The van der Waals surface area contributed by atoms with E-state index in [2.05, 4.69) is 4.98 Å². The van der Waals surface area contributed by atoms with Gasteiger partial charge in [-0.15, -0.1) is 0 Å². The zero-order valence-electron chi connectivity index (χ0n) is 11.5. The van der Waals surface area contributed by atoms with Gasteiger partial charge in [0.2, 0.25) is 0 Å². The highest BCUT2D eigenvalue weighted by atomic mass is 32.1. The Bertz CT molecular complexity index is 504. The number of amides is 1. The Hall–Kier alpha value is -1.53. The van der Waals surface area contributed by atoms with Crippen molar-refractivity contribution in [1.29, 1.82) is 0 Å². The molecule has 2 unspecified atom stereocenters. The average molecular weight is 293 g/mol. The number of carbonyl (C=O) groups is 1. The van der Waals surface area contributed by atoms with Crippen LogP contribution in [0.3, 0.4) is 0 Å². The summed E-state index contributed by atoms with van der Waals surface area (Å²) in [6.07, 6.45) is 4.67. The van der Waals surface area contributed by atoms with E-state index in [4.69, 9.17) is 18.0 Å². The minimum absolute atomic E-state index is 0.131. The quantitative estimate of drug-likeness (QED) is 0.816. The van der Waals surface area contributed by atoms with Crippen LogP contribution in [0, 0.1) is 0 Å². The number of nitrogens with zero attached hydrogens (tertiary/aromatic N) is 2. The second-order valence-corrected chi connectivity index (χ2v) is 5.57. The summed E-state index contributed by atoms with van der Waals surface area (Å²) < 4.78 is 0. The number of hydrogen-bond acceptors (Lipinski definition) is 4. The Balaban J connectivity index is 2.11. The molecule has 1 aliphatic carbocycles. The van der Waals surface area contributed by atoms with Crippen molar-refractivity contribution in [1.82, 2.24) is 9.88 Å². The minimum atomic E-state index is -0.450. The molecule has 0 saturated heterocycles. The molecular weight excluding hydrogens is 274 g/mol. The highest BCUT2D eigenvalue weighted by Crippen LogP contribution is 2.23. The lowest BCUT2D eigenvalue weighted by molar-refractivity contribution is 0.0264. The van der Waals surface area contributed by atoms with Gasteiger partial charge < -0.3 is 15.7 Å². The SMILES string of the molecule is CN(C(=O)c1ccc(C(N)=S)cn1)C1CCCCC1O. The van der Waals surface area contributed by atoms with Gasteiger partial charge in [0.05, 0.1) is 12.1 Å². The third-order valence-corrected chi connectivity index (χ3v) is 4.01. The first-order valence-corrected chi connectivity index (χ1v) is 7.12. The van der Waals surface area contributed by atoms with Crippen LogP contribution >= 0.6 is 12.2 Å². The van der Waals surface area contributed by atoms with Gasteiger partial charge in [-0.1, -0.05) is 25.1 Å². The lowest BCUT2D eigenvalue weighted by Crippen LogP contribution is -2.46. The van der Waals surface area contributed by atoms with Crippen LogP contribution in [0.2, 0.25) is 0 Å². The molecule has 2 rings (SSSR count). The first kappa shape index (κ1) is 14.9. The van der Waals surface area contributed by atoms with Crippen LogP contribution in [0.15, 0.2) is 18.3 Å². The van der Waals surface area contributed by atoms with Gasteiger partial charge in [-0.25, -0.2) is 0 Å². The summed E-state index contributed by atoms with van der Waals surface area (Å²) in [6, 6.07) is 3.17. The van der Waals surface area contributed by atoms with E-state index in [-0.39, 0.29) is 16.9 Å². The Morgan fingerprint density at radius 2 is 2.15 bits per heavy atom. The van der Waals surface area contributed by atoms with E-state index in [0.717, 1.165) is 25.7 Å². The Labute approximate surface area is 123 Å². The maximum atomic E-state index is 12.4. The summed E-state index contributed by atoms with van der Waals surface area (Å²) in [7, 11) is 1.71. The average Bonchev–Trinajstić information content (AvgIpc) is 2.46. The molecule has 0 spiro atoms. The molecule has 0 aromatic carbocycles. The van der Waals surface area contributed by atoms with E-state index in [1.54, 1.807) is 24.1 Å². The highest BCUT2D eigenvalue weighted by molar-refractivity contribution is 7.80. The number of carbonyl (C=O) groups excluding carboxylic acids is 1. The fourth-order valence-electron chi connectivity index (χ4n) is 2.54. The molecule has 1 amide bonds. The van der Waals surface area contributed by atoms with Crippen molar-refractivity contribution in [3.05, 3.63) is 29.6 Å². The fraction of sp³-hybridized carbons (Fsp3) is 0.500. The van der Waals surface area contributed by atoms with Crippen LogP contribution in [0.1, 0.15) is 41.7 Å². The molecule has 3 N–H and O–H groups in total. The van der Waals surface area contributed by atoms with E-state index >= 15 is 0 Å². The zero-order chi connectivity index (χ0) is 14.7. The van der Waals surface area contributed by atoms with Gasteiger partial charge in [0.15, 0.2) is 0 Å². The van der Waals surface area contributed by atoms with E-state index in [1.807, 2.05) is 0 Å². The molecule has 1 fully saturated rings. The van der Waals surface area contributed by atoms with Gasteiger partial charge in [0, 0.05) is 18.8 Å². The van der Waals surface area contributed by atoms with Crippen molar-refractivity contribution in [2.45, 2.75) is 37.8 Å². The number of hydrogen-bond donors (Lipinski definition) is 2. The molecule has 1 heterocycles. The zero-order valence-corrected chi connectivity index (χ0v) is 12.3. The van der Waals surface area contributed by atoms with Crippen molar-refractivity contribution in [3.8, 4) is 0 Å². The standard InChI is InChI=1S/C14H19N3O2S/c1-17(11-4-2-3-5-12(11)18)14(19)10-7-6-9(8-16-10)13(15)20/h6-8,11-12,18H,2-5H2,1H3,(H2,15,20). The van der Waals surface area contributed by atoms with Gasteiger partial charge in [-0.3, -0.25) is 9.78 Å². The van der Waals surface area contributed by atoms with Crippen LogP contribution in [-0.4, -0.2) is 45.1 Å². The number of likely N-dealkylation sites (N-methyl/N-ethyl adjacent to an activating group) is 1. The highest BCUT2D eigenvalue weighted by Gasteiger charge is 2.30. The molecule has 0 bridgehead atoms. The summed E-state index contributed by atoms with van der Waals surface area (Å²) in [5, 5.41) is 10.0. The second-order valence-electron chi connectivity index (χ2n) is 5.13. The monoisotopic (exact) mass is 293 g/mol. The number of rotatable bonds is 3. The van der Waals surface area contributed by atoms with E-state index < -0.39 is 6.10 Å². The topological polar surface area (TPSA) is 79.5 Å². The molecule has 0 radical (unpaired) electrons. The van der Waals surface area contributed by atoms with Gasteiger partial charge in [0.25, 0.3) is 5.91 Å². The molecule has 0 aliphatic heterocycles. The lowest BCUT2D eigenvalue weighted by atomic mass is 9.91. The number of aromatic nitrogens is 1. The van der Waals surface area contributed by atoms with Gasteiger partial charge >= 0.3 is 0 Å². The van der Waals surface area contributed by atoms with Crippen LogP contribution in [0.25, 0.3) is 0 Å². The van der Waals surface area contributed by atoms with Crippen molar-refractivity contribution in [2.75, 3.05) is 7.05 Å². The largest absolute Gasteiger partial charge is 0.391 e. The molecular formula is C14H19N3O2S. The number of nitrogens with two attached hydrogens (primary N) is 1. The van der Waals surface area contributed by atoms with Gasteiger partial charge in [0.1, 0.15) is 10.7 Å². The molecule has 20 heavy (non-hydrogen) atoms. The number of aliphatic hydroxyl groups excluding tert-OH is 1. The fourth-order valence-corrected chi connectivity index (χ4v) is 2.66. The molecule has 1 aliphatic rings. The maximum absolute atomic E-state index is 12.4. The third kappa shape index (κ3) is 3.13. The van der Waals surface area contributed by atoms with E-state index in [9.17, 15) is 9.90 Å². The first-order valence-electron chi connectivity index (χ1n) is 6.72. The van der Waals surface area contributed by atoms with Crippen molar-refractivity contribution in [3.63, 3.8) is 0 Å². The lowest BCUT2D eigenvalue weighted by Gasteiger charge is -2.35. The molecule has 2 atom stereocenters. The summed E-state index contributed by atoms with van der Waals surface area (Å²) in [5.74, 6) is -0.189. The summed E-state index contributed by atoms with van der Waals surface area (Å²) >= 11 is 4.85. The molecule has 1 aromatic rings. The Morgan fingerprint density at radius 3 is 2.70 bits per heavy atom. The predicted molar refractivity (Wildman–Crippen MR) is 80.5 cm³/mol. The number of pyridine rings is 1. The van der Waals surface area contributed by atoms with E-state index in [0.29, 0.717) is 11.3 Å². The van der Waals surface area contributed by atoms with Crippen LogP contribution in [0.5, 0.6) is 0 Å². The van der Waals surface area contributed by atoms with Crippen molar-refractivity contribution < 1.29 is 9.90 Å². The minimum Gasteiger partial charge on any atom is -0.391 e. The van der Waals surface area contributed by atoms with E-state index in [1.165, 1.54) is 6.20 Å². The van der Waals surface area contributed by atoms with Gasteiger partial charge in [-0.2, -0.15) is 0 Å². The smallest absolute Gasteiger partial charge is 0.272 e. The maximum Gasteiger partial charge on any atom is 0.272 e. The molecule has 5 nitrogen and oxygen atoms in total. The number of aliphatic hydroxyl groups is 1. The van der Waals surface area contributed by atoms with Crippen LogP contribution in [-0.2, 0) is 0 Å². The molecule has 108 valence electrons. The Morgan fingerprint density at radius 1 is 1.45 bits per heavy atom. The van der Waals surface area contributed by atoms with Gasteiger partial charge in [-0.05, 0) is 25.0 Å². The predicted octanol–water partition coefficient (Wildman–Crippen LogP) is 1.09. The summed E-state index contributed by atoms with van der Waals surface area (Å²) in [6.45, 7) is 0. The van der Waals surface area contributed by atoms with Crippen molar-refractivity contribution in [2.24, 2.45) is 5.73 Å². The summed E-state index contributed by atoms with van der Waals surface area (Å²) in [4.78, 5) is 18.3. The Kier molecular flexibility index (Phi) is 4.67. The molecule has 1 aromatic heterocycles. The normalized spacial score (nSPS) is 22.3. The first-order chi connectivity index (χ1) is 9.50.